The highest BCUT2D eigenvalue weighted by Gasteiger charge is 2.18. The Hall–Kier alpha value is -2.71. The van der Waals surface area contributed by atoms with E-state index in [1.165, 1.54) is 29.0 Å². The molecule has 0 spiro atoms. The molecular weight excluding hydrogens is 356 g/mol. The van der Waals surface area contributed by atoms with E-state index in [2.05, 4.69) is 14.8 Å². The summed E-state index contributed by atoms with van der Waals surface area (Å²) in [6, 6.07) is 16.2. The largest absolute Gasteiger partial charge is 0.264 e. The van der Waals surface area contributed by atoms with E-state index in [4.69, 9.17) is 0 Å². The van der Waals surface area contributed by atoms with Crippen molar-refractivity contribution in [1.29, 1.82) is 0 Å². The van der Waals surface area contributed by atoms with Crippen molar-refractivity contribution in [3.05, 3.63) is 65.5 Å². The molecule has 0 fully saturated rings. The molecule has 0 aliphatic heterocycles. The van der Waals surface area contributed by atoms with Crippen LogP contribution in [0.2, 0.25) is 0 Å². The van der Waals surface area contributed by atoms with Crippen LogP contribution in [0.1, 0.15) is 5.56 Å². The molecule has 4 rings (SSSR count). The van der Waals surface area contributed by atoms with E-state index in [9.17, 15) is 8.42 Å². The molecule has 0 unspecified atom stereocenters. The van der Waals surface area contributed by atoms with Crippen molar-refractivity contribution in [2.24, 2.45) is 0 Å². The molecule has 2 heterocycles. The van der Waals surface area contributed by atoms with Gasteiger partial charge in [-0.25, -0.2) is 17.7 Å². The fraction of sp³-hybridized carbons (Fsp3) is 0.0588. The summed E-state index contributed by atoms with van der Waals surface area (Å²) in [7, 11) is -3.71. The fourth-order valence-corrected chi connectivity index (χ4v) is 4.22. The number of rotatable bonds is 4. The number of aryl methyl sites for hydroxylation is 1. The van der Waals surface area contributed by atoms with Crippen molar-refractivity contribution in [2.75, 3.05) is 4.72 Å². The van der Waals surface area contributed by atoms with Crippen LogP contribution in [0.15, 0.2) is 64.9 Å². The van der Waals surface area contributed by atoms with Gasteiger partial charge in [0.15, 0.2) is 0 Å². The van der Waals surface area contributed by atoms with E-state index in [1.807, 2.05) is 36.6 Å². The molecule has 1 N–H and O–H groups in total. The van der Waals surface area contributed by atoms with Gasteiger partial charge < -0.3 is 0 Å². The molecule has 0 amide bonds. The minimum atomic E-state index is -3.71. The average Bonchev–Trinajstić information content (AvgIpc) is 3.16. The number of sulfonamides is 1. The van der Waals surface area contributed by atoms with Crippen LogP contribution in [0.25, 0.3) is 16.2 Å². The fourth-order valence-electron chi connectivity index (χ4n) is 2.43. The number of nitrogens with zero attached hydrogens (tertiary/aromatic N) is 3. The third-order valence-corrected chi connectivity index (χ3v) is 5.87. The Morgan fingerprint density at radius 1 is 1.04 bits per heavy atom. The number of thiazole rings is 1. The van der Waals surface area contributed by atoms with E-state index in [0.29, 0.717) is 4.96 Å². The van der Waals surface area contributed by atoms with Gasteiger partial charge in [0.2, 0.25) is 4.96 Å². The summed E-state index contributed by atoms with van der Waals surface area (Å²) >= 11 is 1.41. The molecular formula is C17H14N4O2S2. The number of benzene rings is 2. The molecule has 2 aromatic carbocycles. The quantitative estimate of drug-likeness (QED) is 0.596. The van der Waals surface area contributed by atoms with Crippen molar-refractivity contribution in [2.45, 2.75) is 11.8 Å². The van der Waals surface area contributed by atoms with E-state index in [-0.39, 0.29) is 10.8 Å². The lowest BCUT2D eigenvalue weighted by Gasteiger charge is -2.03. The predicted molar refractivity (Wildman–Crippen MR) is 98.3 cm³/mol. The van der Waals surface area contributed by atoms with E-state index < -0.39 is 10.0 Å². The molecule has 0 aliphatic carbocycles. The Labute approximate surface area is 148 Å². The average molecular weight is 370 g/mol. The maximum absolute atomic E-state index is 12.4. The number of fused-ring (bicyclic) bond motifs is 1. The normalized spacial score (nSPS) is 11.7. The second-order valence-electron chi connectivity index (χ2n) is 5.54. The summed E-state index contributed by atoms with van der Waals surface area (Å²) in [5.74, 6) is 0.0593. The molecule has 0 radical (unpaired) electrons. The summed E-state index contributed by atoms with van der Waals surface area (Å²) < 4.78 is 28.9. The molecule has 0 saturated heterocycles. The first-order valence-corrected chi connectivity index (χ1v) is 9.88. The minimum absolute atomic E-state index is 0.0593. The number of hydrogen-bond acceptors (Lipinski definition) is 5. The van der Waals surface area contributed by atoms with Gasteiger partial charge in [-0.3, -0.25) is 0 Å². The summed E-state index contributed by atoms with van der Waals surface area (Å²) in [6.07, 6.45) is 0. The predicted octanol–water partition coefficient (Wildman–Crippen LogP) is 3.57. The van der Waals surface area contributed by atoms with Gasteiger partial charge >= 0.3 is 0 Å². The van der Waals surface area contributed by atoms with Crippen LogP contribution in [0.4, 0.5) is 5.95 Å². The van der Waals surface area contributed by atoms with Crippen LogP contribution in [0.3, 0.4) is 0 Å². The highest BCUT2D eigenvalue weighted by atomic mass is 32.2. The van der Waals surface area contributed by atoms with E-state index in [0.717, 1.165) is 11.3 Å². The lowest BCUT2D eigenvalue weighted by molar-refractivity contribution is 0.601. The maximum atomic E-state index is 12.4. The zero-order chi connectivity index (χ0) is 17.4. The summed E-state index contributed by atoms with van der Waals surface area (Å²) in [4.78, 5) is 5.07. The Bertz CT molecular complexity index is 1130. The standard InChI is InChI=1S/C17H14N4O2S2/c1-12-7-9-13(10-8-12)15-11-24-17-18-16(19-21(15)17)20-25(22,23)14-5-3-2-4-6-14/h2-11H,1H3,(H,19,20). The van der Waals surface area contributed by atoms with E-state index >= 15 is 0 Å². The van der Waals surface area contributed by atoms with Crippen LogP contribution in [0, 0.1) is 6.92 Å². The Morgan fingerprint density at radius 3 is 2.48 bits per heavy atom. The van der Waals surface area contributed by atoms with E-state index in [1.54, 1.807) is 22.7 Å². The molecule has 25 heavy (non-hydrogen) atoms. The van der Waals surface area contributed by atoms with Crippen molar-refractivity contribution in [1.82, 2.24) is 14.6 Å². The summed E-state index contributed by atoms with van der Waals surface area (Å²) in [5.41, 5.74) is 3.04. The Balaban J connectivity index is 1.70. The first-order chi connectivity index (χ1) is 12.0. The van der Waals surface area contributed by atoms with Crippen LogP contribution < -0.4 is 4.72 Å². The summed E-state index contributed by atoms with van der Waals surface area (Å²) in [6.45, 7) is 2.03. The van der Waals surface area contributed by atoms with Gasteiger partial charge in [-0.05, 0) is 19.1 Å². The Kier molecular flexibility index (Phi) is 3.78. The molecule has 0 aliphatic rings. The monoisotopic (exact) mass is 370 g/mol. The molecule has 4 aromatic rings. The second kappa shape index (κ2) is 5.98. The van der Waals surface area contributed by atoms with Gasteiger partial charge in [0.1, 0.15) is 0 Å². The zero-order valence-electron chi connectivity index (χ0n) is 13.2. The van der Waals surface area contributed by atoms with Crippen LogP contribution in [-0.4, -0.2) is 23.0 Å². The molecule has 2 aromatic heterocycles. The number of aromatic nitrogens is 3. The molecule has 8 heteroatoms. The lowest BCUT2D eigenvalue weighted by Crippen LogP contribution is -2.14. The third-order valence-electron chi connectivity index (χ3n) is 3.71. The highest BCUT2D eigenvalue weighted by Crippen LogP contribution is 2.26. The number of hydrogen-bond donors (Lipinski definition) is 1. The zero-order valence-corrected chi connectivity index (χ0v) is 14.9. The van der Waals surface area contributed by atoms with Crippen molar-refractivity contribution in [3.8, 4) is 11.3 Å². The van der Waals surface area contributed by atoms with Gasteiger partial charge in [-0.15, -0.1) is 16.4 Å². The molecule has 126 valence electrons. The lowest BCUT2D eigenvalue weighted by atomic mass is 10.1. The topological polar surface area (TPSA) is 76.4 Å². The summed E-state index contributed by atoms with van der Waals surface area (Å²) in [5, 5.41) is 6.26. The number of anilines is 1. The first kappa shape index (κ1) is 15.8. The van der Waals surface area contributed by atoms with Gasteiger partial charge in [-0.2, -0.15) is 4.98 Å². The van der Waals surface area contributed by atoms with Gasteiger partial charge in [0.05, 0.1) is 10.6 Å². The van der Waals surface area contributed by atoms with Gasteiger partial charge in [-0.1, -0.05) is 48.0 Å². The minimum Gasteiger partial charge on any atom is -0.246 e. The molecule has 6 nitrogen and oxygen atoms in total. The van der Waals surface area contributed by atoms with Crippen LogP contribution in [0.5, 0.6) is 0 Å². The van der Waals surface area contributed by atoms with Gasteiger partial charge in [0.25, 0.3) is 16.0 Å². The van der Waals surface area contributed by atoms with Crippen molar-refractivity contribution in [3.63, 3.8) is 0 Å². The maximum Gasteiger partial charge on any atom is 0.264 e. The van der Waals surface area contributed by atoms with Crippen LogP contribution >= 0.6 is 11.3 Å². The van der Waals surface area contributed by atoms with Crippen LogP contribution in [-0.2, 0) is 10.0 Å². The van der Waals surface area contributed by atoms with Crippen molar-refractivity contribution >= 4 is 32.3 Å². The smallest absolute Gasteiger partial charge is 0.246 e. The SMILES string of the molecule is Cc1ccc(-c2csc3nc(NS(=O)(=O)c4ccccc4)nn23)cc1. The van der Waals surface area contributed by atoms with Gasteiger partial charge in [0, 0.05) is 10.9 Å². The highest BCUT2D eigenvalue weighted by molar-refractivity contribution is 7.92. The third kappa shape index (κ3) is 3.01. The Morgan fingerprint density at radius 2 is 1.76 bits per heavy atom. The first-order valence-electron chi connectivity index (χ1n) is 7.52. The second-order valence-corrected chi connectivity index (χ2v) is 8.05. The van der Waals surface area contributed by atoms with Crippen molar-refractivity contribution < 1.29 is 8.42 Å². The molecule has 0 atom stereocenters. The molecule has 0 saturated carbocycles. The molecule has 0 bridgehead atoms. The number of nitrogens with one attached hydrogen (secondary N) is 1.